The summed E-state index contributed by atoms with van der Waals surface area (Å²) in [5.74, 6) is -1.82. The summed E-state index contributed by atoms with van der Waals surface area (Å²) in [4.78, 5) is 24.8. The van der Waals surface area contributed by atoms with Gasteiger partial charge in [-0.1, -0.05) is 0 Å². The van der Waals surface area contributed by atoms with Crippen LogP contribution in [0, 0.1) is 11.8 Å². The van der Waals surface area contributed by atoms with Crippen LogP contribution < -0.4 is 0 Å². The molecule has 9 heteroatoms. The highest BCUT2D eigenvalue weighted by molar-refractivity contribution is 7.88. The molecule has 2 aliphatic rings. The molecule has 21 heavy (non-hydrogen) atoms. The second-order valence-electron chi connectivity index (χ2n) is 5.57. The first-order chi connectivity index (χ1) is 9.29. The number of carbonyl (C=O) groups excluding carboxylic acids is 1. The van der Waals surface area contributed by atoms with Crippen molar-refractivity contribution in [1.82, 2.24) is 9.21 Å². The van der Waals surface area contributed by atoms with Crippen molar-refractivity contribution in [3.63, 3.8) is 0 Å². The second-order valence-corrected chi connectivity index (χ2v) is 7.55. The van der Waals surface area contributed by atoms with Gasteiger partial charge in [-0.2, -0.15) is 0 Å². The molecule has 122 valence electrons. The van der Waals surface area contributed by atoms with Crippen LogP contribution in [0.25, 0.3) is 0 Å². The van der Waals surface area contributed by atoms with Crippen LogP contribution in [0.5, 0.6) is 0 Å². The number of rotatable bonds is 3. The van der Waals surface area contributed by atoms with Gasteiger partial charge in [0.15, 0.2) is 0 Å². The van der Waals surface area contributed by atoms with Gasteiger partial charge in [0.25, 0.3) is 0 Å². The average Bonchev–Trinajstić information content (AvgIpc) is 2.87. The minimum absolute atomic E-state index is 0. The third-order valence-electron chi connectivity index (χ3n) is 4.05. The molecule has 7 nitrogen and oxygen atoms in total. The quantitative estimate of drug-likeness (QED) is 0.781. The highest BCUT2D eigenvalue weighted by Crippen LogP contribution is 2.24. The largest absolute Gasteiger partial charge is 0.481 e. The zero-order valence-corrected chi connectivity index (χ0v) is 13.5. The van der Waals surface area contributed by atoms with Crippen molar-refractivity contribution in [3.8, 4) is 0 Å². The first-order valence-electron chi connectivity index (χ1n) is 6.75. The first kappa shape index (κ1) is 18.2. The summed E-state index contributed by atoms with van der Waals surface area (Å²) in [5, 5.41) is 8.95. The van der Waals surface area contributed by atoms with Crippen LogP contribution in [0.2, 0.25) is 0 Å². The number of hydrogen-bond donors (Lipinski definition) is 1. The molecule has 0 bridgehead atoms. The Labute approximate surface area is 130 Å². The molecule has 0 aromatic rings. The van der Waals surface area contributed by atoms with Gasteiger partial charge in [-0.25, -0.2) is 12.7 Å². The SMILES string of the molecule is CS(=O)(=O)N1CCCC(C(=O)N2CCC(C(=O)O)C2)C1.Cl. The number of carbonyl (C=O) groups is 2. The molecule has 2 saturated heterocycles. The van der Waals surface area contributed by atoms with Crippen LogP contribution in [0.15, 0.2) is 0 Å². The minimum Gasteiger partial charge on any atom is -0.481 e. The topological polar surface area (TPSA) is 95.0 Å². The van der Waals surface area contributed by atoms with Gasteiger partial charge in [-0.15, -0.1) is 12.4 Å². The number of aliphatic carboxylic acids is 1. The zero-order chi connectivity index (χ0) is 14.9. The molecule has 0 radical (unpaired) electrons. The highest BCUT2D eigenvalue weighted by Gasteiger charge is 2.36. The van der Waals surface area contributed by atoms with Crippen molar-refractivity contribution >= 4 is 34.3 Å². The van der Waals surface area contributed by atoms with E-state index in [1.54, 1.807) is 4.90 Å². The van der Waals surface area contributed by atoms with Crippen LogP contribution in [0.3, 0.4) is 0 Å². The number of amides is 1. The van der Waals surface area contributed by atoms with E-state index >= 15 is 0 Å². The second kappa shape index (κ2) is 6.93. The van der Waals surface area contributed by atoms with E-state index in [0.29, 0.717) is 32.4 Å². The van der Waals surface area contributed by atoms with Gasteiger partial charge >= 0.3 is 5.97 Å². The van der Waals surface area contributed by atoms with E-state index in [9.17, 15) is 18.0 Å². The lowest BCUT2D eigenvalue weighted by Gasteiger charge is -2.32. The van der Waals surface area contributed by atoms with Crippen LogP contribution >= 0.6 is 12.4 Å². The summed E-state index contributed by atoms with van der Waals surface area (Å²) < 4.78 is 24.4. The van der Waals surface area contributed by atoms with E-state index < -0.39 is 21.9 Å². The predicted molar refractivity (Wildman–Crippen MR) is 78.7 cm³/mol. The number of carboxylic acids is 1. The predicted octanol–water partition coefficient (Wildman–Crippen LogP) is 0.0129. The van der Waals surface area contributed by atoms with E-state index in [1.165, 1.54) is 4.31 Å². The molecule has 2 atom stereocenters. The monoisotopic (exact) mass is 340 g/mol. The van der Waals surface area contributed by atoms with E-state index in [-0.39, 0.29) is 37.3 Å². The number of likely N-dealkylation sites (tertiary alicyclic amines) is 1. The number of halogens is 1. The molecule has 0 aromatic heterocycles. The first-order valence-corrected chi connectivity index (χ1v) is 8.60. The molecular weight excluding hydrogens is 320 g/mol. The molecule has 2 unspecified atom stereocenters. The molecule has 2 fully saturated rings. The third kappa shape index (κ3) is 4.31. The third-order valence-corrected chi connectivity index (χ3v) is 5.32. The molecular formula is C12H21ClN2O5S. The lowest BCUT2D eigenvalue weighted by Crippen LogP contribution is -2.46. The van der Waals surface area contributed by atoms with Gasteiger partial charge in [0.05, 0.1) is 18.1 Å². The molecule has 2 aliphatic heterocycles. The Hall–Kier alpha value is -0.860. The van der Waals surface area contributed by atoms with Crippen molar-refractivity contribution in [2.75, 3.05) is 32.4 Å². The van der Waals surface area contributed by atoms with Crippen molar-refractivity contribution in [1.29, 1.82) is 0 Å². The Kier molecular flexibility index (Phi) is 6.01. The Morgan fingerprint density at radius 3 is 2.29 bits per heavy atom. The fourth-order valence-corrected chi connectivity index (χ4v) is 3.78. The van der Waals surface area contributed by atoms with Crippen molar-refractivity contribution < 1.29 is 23.1 Å². The van der Waals surface area contributed by atoms with Gasteiger partial charge in [-0.3, -0.25) is 9.59 Å². The van der Waals surface area contributed by atoms with Crippen molar-refractivity contribution in [2.24, 2.45) is 11.8 Å². The summed E-state index contributed by atoms with van der Waals surface area (Å²) >= 11 is 0. The number of hydrogen-bond acceptors (Lipinski definition) is 4. The van der Waals surface area contributed by atoms with E-state index in [2.05, 4.69) is 0 Å². The molecule has 2 heterocycles. The Morgan fingerprint density at radius 2 is 1.76 bits per heavy atom. The van der Waals surface area contributed by atoms with Gasteiger partial charge in [0, 0.05) is 26.2 Å². The highest BCUT2D eigenvalue weighted by atomic mass is 35.5. The summed E-state index contributed by atoms with van der Waals surface area (Å²) in [6.07, 6.45) is 2.96. The lowest BCUT2D eigenvalue weighted by molar-refractivity contribution is -0.141. The molecule has 1 amide bonds. The Balaban J connectivity index is 0.00000220. The van der Waals surface area contributed by atoms with Crippen LogP contribution in [-0.2, 0) is 19.6 Å². The fraction of sp³-hybridized carbons (Fsp3) is 0.833. The maximum Gasteiger partial charge on any atom is 0.308 e. The summed E-state index contributed by atoms with van der Waals surface area (Å²) in [6, 6.07) is 0. The van der Waals surface area contributed by atoms with Gasteiger partial charge in [0.2, 0.25) is 15.9 Å². The molecule has 0 spiro atoms. The lowest BCUT2D eigenvalue weighted by atomic mass is 9.98. The maximum atomic E-state index is 12.4. The number of carboxylic acid groups (broad SMARTS) is 1. The normalized spacial score (nSPS) is 27.2. The molecule has 0 saturated carbocycles. The Morgan fingerprint density at radius 1 is 1.10 bits per heavy atom. The average molecular weight is 341 g/mol. The standard InChI is InChI=1S/C12H20N2O5S.ClH/c1-20(18,19)14-5-2-3-9(8-14)11(15)13-6-4-10(7-13)12(16)17;/h9-10H,2-8H2,1H3,(H,16,17);1H. The smallest absolute Gasteiger partial charge is 0.308 e. The maximum absolute atomic E-state index is 12.4. The van der Waals surface area contributed by atoms with Crippen LogP contribution in [0.4, 0.5) is 0 Å². The van der Waals surface area contributed by atoms with Gasteiger partial charge < -0.3 is 10.0 Å². The molecule has 0 aromatic carbocycles. The van der Waals surface area contributed by atoms with Gasteiger partial charge in [0.1, 0.15) is 0 Å². The zero-order valence-electron chi connectivity index (χ0n) is 11.9. The van der Waals surface area contributed by atoms with E-state index in [1.807, 2.05) is 0 Å². The minimum atomic E-state index is -3.27. The van der Waals surface area contributed by atoms with E-state index in [4.69, 9.17) is 5.11 Å². The molecule has 0 aliphatic carbocycles. The summed E-state index contributed by atoms with van der Waals surface area (Å²) in [7, 11) is -3.27. The number of sulfonamides is 1. The van der Waals surface area contributed by atoms with Gasteiger partial charge in [-0.05, 0) is 19.3 Å². The summed E-state index contributed by atoms with van der Waals surface area (Å²) in [5.41, 5.74) is 0. The van der Waals surface area contributed by atoms with Crippen molar-refractivity contribution in [3.05, 3.63) is 0 Å². The van der Waals surface area contributed by atoms with E-state index in [0.717, 1.165) is 6.26 Å². The molecule has 1 N–H and O–H groups in total. The number of piperidine rings is 1. The van der Waals surface area contributed by atoms with Crippen LogP contribution in [-0.4, -0.2) is 67.0 Å². The summed E-state index contributed by atoms with van der Waals surface area (Å²) in [6.45, 7) is 1.36. The van der Waals surface area contributed by atoms with Crippen molar-refractivity contribution in [2.45, 2.75) is 19.3 Å². The van der Waals surface area contributed by atoms with Crippen LogP contribution in [0.1, 0.15) is 19.3 Å². The Bertz CT molecular complexity index is 510. The molecule has 2 rings (SSSR count). The fourth-order valence-electron chi connectivity index (χ4n) is 2.87. The number of nitrogens with zero attached hydrogens (tertiary/aromatic N) is 2.